The molecule has 0 radical (unpaired) electrons. The van der Waals surface area contributed by atoms with Crippen LogP contribution in [0, 0.1) is 13.8 Å². The average molecular weight is 341 g/mol. The van der Waals surface area contributed by atoms with Gasteiger partial charge in [-0.2, -0.15) is 0 Å². The predicted octanol–water partition coefficient (Wildman–Crippen LogP) is 7.68. The molecule has 0 nitrogen and oxygen atoms in total. The maximum absolute atomic E-state index is 2.31. The molecule has 0 aromatic heterocycles. The molecular formula is C26H28. The summed E-state index contributed by atoms with van der Waals surface area (Å²) in [7, 11) is 0. The molecule has 0 heterocycles. The Balaban J connectivity index is 2.03. The van der Waals surface area contributed by atoms with Crippen LogP contribution >= 0.6 is 0 Å². The van der Waals surface area contributed by atoms with E-state index in [0.717, 1.165) is 6.42 Å². The summed E-state index contributed by atoms with van der Waals surface area (Å²) in [5.41, 5.74) is 10.6. The topological polar surface area (TPSA) is 0 Å². The van der Waals surface area contributed by atoms with E-state index < -0.39 is 0 Å². The summed E-state index contributed by atoms with van der Waals surface area (Å²) in [6, 6.07) is 13.5. The third-order valence-electron chi connectivity index (χ3n) is 4.99. The number of benzene rings is 2. The molecule has 0 spiro atoms. The van der Waals surface area contributed by atoms with Crippen molar-refractivity contribution < 1.29 is 0 Å². The zero-order chi connectivity index (χ0) is 18.5. The Kier molecular flexibility index (Phi) is 5.73. The summed E-state index contributed by atoms with van der Waals surface area (Å²) in [6.07, 6.45) is 15.6. The van der Waals surface area contributed by atoms with Gasteiger partial charge in [0.05, 0.1) is 0 Å². The van der Waals surface area contributed by atoms with Crippen LogP contribution < -0.4 is 0 Å². The van der Waals surface area contributed by atoms with E-state index in [4.69, 9.17) is 0 Å². The molecule has 2 aromatic rings. The Morgan fingerprint density at radius 1 is 0.769 bits per heavy atom. The molecule has 0 atom stereocenters. The lowest BCUT2D eigenvalue weighted by Crippen LogP contribution is -1.91. The molecular weight excluding hydrogens is 312 g/mol. The second-order valence-electron chi connectivity index (χ2n) is 7.25. The van der Waals surface area contributed by atoms with E-state index in [1.54, 1.807) is 0 Å². The second kappa shape index (κ2) is 8.19. The molecule has 3 rings (SSSR count). The fourth-order valence-corrected chi connectivity index (χ4v) is 3.37. The summed E-state index contributed by atoms with van der Waals surface area (Å²) in [4.78, 5) is 0. The van der Waals surface area contributed by atoms with E-state index in [1.807, 2.05) is 0 Å². The highest BCUT2D eigenvalue weighted by molar-refractivity contribution is 5.79. The SMILES string of the molecule is CC=Cc1ccc(C)c(-c2cc(C)ccc2C=CC2=CC=C(C)CC2)c1. The molecule has 0 aliphatic heterocycles. The highest BCUT2D eigenvalue weighted by Gasteiger charge is 2.08. The summed E-state index contributed by atoms with van der Waals surface area (Å²) in [5, 5.41) is 0. The van der Waals surface area contributed by atoms with Gasteiger partial charge < -0.3 is 0 Å². The van der Waals surface area contributed by atoms with Crippen LogP contribution in [0.4, 0.5) is 0 Å². The minimum absolute atomic E-state index is 1.13. The van der Waals surface area contributed by atoms with Crippen molar-refractivity contribution in [3.05, 3.63) is 94.1 Å². The van der Waals surface area contributed by atoms with Gasteiger partial charge in [0.25, 0.3) is 0 Å². The van der Waals surface area contributed by atoms with E-state index in [0.29, 0.717) is 0 Å². The number of hydrogen-bond donors (Lipinski definition) is 0. The molecule has 0 amide bonds. The molecule has 0 unspecified atom stereocenters. The highest BCUT2D eigenvalue weighted by atomic mass is 14.1. The zero-order valence-corrected chi connectivity index (χ0v) is 16.3. The van der Waals surface area contributed by atoms with Crippen molar-refractivity contribution in [2.24, 2.45) is 0 Å². The third-order valence-corrected chi connectivity index (χ3v) is 4.99. The van der Waals surface area contributed by atoms with E-state index in [1.165, 1.54) is 50.9 Å². The van der Waals surface area contributed by atoms with Crippen molar-refractivity contribution >= 4 is 12.2 Å². The molecule has 132 valence electrons. The highest BCUT2D eigenvalue weighted by Crippen LogP contribution is 2.31. The van der Waals surface area contributed by atoms with Crippen LogP contribution in [0.3, 0.4) is 0 Å². The van der Waals surface area contributed by atoms with Crippen LogP contribution in [-0.4, -0.2) is 0 Å². The molecule has 0 fully saturated rings. The van der Waals surface area contributed by atoms with Gasteiger partial charge in [0, 0.05) is 0 Å². The smallest absolute Gasteiger partial charge is 0.0106 e. The summed E-state index contributed by atoms with van der Waals surface area (Å²) in [6.45, 7) is 8.63. The van der Waals surface area contributed by atoms with E-state index in [2.05, 4.69) is 101 Å². The van der Waals surface area contributed by atoms with Crippen molar-refractivity contribution in [3.63, 3.8) is 0 Å². The number of hydrogen-bond acceptors (Lipinski definition) is 0. The maximum atomic E-state index is 2.31. The average Bonchev–Trinajstić information content (AvgIpc) is 2.64. The molecule has 1 aliphatic carbocycles. The van der Waals surface area contributed by atoms with Gasteiger partial charge in [-0.15, -0.1) is 0 Å². The van der Waals surface area contributed by atoms with E-state index in [9.17, 15) is 0 Å². The van der Waals surface area contributed by atoms with Crippen molar-refractivity contribution in [2.45, 2.75) is 40.5 Å². The van der Waals surface area contributed by atoms with Gasteiger partial charge in [0.15, 0.2) is 0 Å². The molecule has 0 bridgehead atoms. The molecule has 2 aromatic carbocycles. The fraction of sp³-hybridized carbons (Fsp3) is 0.231. The van der Waals surface area contributed by atoms with Crippen LogP contribution in [0.15, 0.2) is 71.8 Å². The van der Waals surface area contributed by atoms with Crippen molar-refractivity contribution in [2.75, 3.05) is 0 Å². The molecule has 26 heavy (non-hydrogen) atoms. The zero-order valence-electron chi connectivity index (χ0n) is 16.3. The number of rotatable bonds is 4. The Bertz CT molecular complexity index is 917. The predicted molar refractivity (Wildman–Crippen MR) is 116 cm³/mol. The lowest BCUT2D eigenvalue weighted by atomic mass is 9.92. The molecule has 0 saturated heterocycles. The van der Waals surface area contributed by atoms with Gasteiger partial charge in [0.1, 0.15) is 0 Å². The quantitative estimate of drug-likeness (QED) is 0.535. The lowest BCUT2D eigenvalue weighted by molar-refractivity contribution is 0.928. The van der Waals surface area contributed by atoms with Crippen LogP contribution in [0.2, 0.25) is 0 Å². The number of aryl methyl sites for hydroxylation is 2. The minimum atomic E-state index is 1.13. The normalized spacial score (nSPS) is 14.8. The molecule has 0 saturated carbocycles. The van der Waals surface area contributed by atoms with Crippen LogP contribution in [-0.2, 0) is 0 Å². The first kappa shape index (κ1) is 18.2. The Labute approximate surface area is 158 Å². The molecule has 0 N–H and O–H groups in total. The largest absolute Gasteiger partial charge is 0.0871 e. The van der Waals surface area contributed by atoms with Crippen LogP contribution in [0.1, 0.15) is 48.9 Å². The van der Waals surface area contributed by atoms with Crippen molar-refractivity contribution in [3.8, 4) is 11.1 Å². The summed E-state index contributed by atoms with van der Waals surface area (Å²) < 4.78 is 0. The van der Waals surface area contributed by atoms with E-state index >= 15 is 0 Å². The van der Waals surface area contributed by atoms with Gasteiger partial charge >= 0.3 is 0 Å². The first-order valence-electron chi connectivity index (χ1n) is 9.45. The summed E-state index contributed by atoms with van der Waals surface area (Å²) in [5.74, 6) is 0. The van der Waals surface area contributed by atoms with Crippen LogP contribution in [0.5, 0.6) is 0 Å². The first-order chi connectivity index (χ1) is 12.6. The Morgan fingerprint density at radius 3 is 2.35 bits per heavy atom. The first-order valence-corrected chi connectivity index (χ1v) is 9.45. The van der Waals surface area contributed by atoms with Gasteiger partial charge in [-0.25, -0.2) is 0 Å². The Hall–Kier alpha value is -2.60. The lowest BCUT2D eigenvalue weighted by Gasteiger charge is -2.13. The second-order valence-corrected chi connectivity index (χ2v) is 7.25. The summed E-state index contributed by atoms with van der Waals surface area (Å²) >= 11 is 0. The molecule has 1 aliphatic rings. The van der Waals surface area contributed by atoms with Crippen molar-refractivity contribution in [1.82, 2.24) is 0 Å². The molecule has 0 heteroatoms. The van der Waals surface area contributed by atoms with Gasteiger partial charge in [-0.1, -0.05) is 77.9 Å². The van der Waals surface area contributed by atoms with Gasteiger partial charge in [-0.3, -0.25) is 0 Å². The Morgan fingerprint density at radius 2 is 1.62 bits per heavy atom. The third kappa shape index (κ3) is 4.32. The minimum Gasteiger partial charge on any atom is -0.0871 e. The standard InChI is InChI=1S/C26H28/c1-5-6-23-13-10-21(4)25(18-23)26-17-20(3)9-15-24(26)16-14-22-11-7-19(2)8-12-22/h5-7,9-11,13-18H,8,12H2,1-4H3. The maximum Gasteiger partial charge on any atom is -0.0106 e. The fourth-order valence-electron chi connectivity index (χ4n) is 3.37. The van der Waals surface area contributed by atoms with Gasteiger partial charge in [-0.05, 0) is 80.0 Å². The van der Waals surface area contributed by atoms with Crippen molar-refractivity contribution in [1.29, 1.82) is 0 Å². The van der Waals surface area contributed by atoms with E-state index in [-0.39, 0.29) is 0 Å². The monoisotopic (exact) mass is 340 g/mol. The number of allylic oxidation sites excluding steroid dienone is 6. The van der Waals surface area contributed by atoms with Crippen LogP contribution in [0.25, 0.3) is 23.3 Å². The van der Waals surface area contributed by atoms with Gasteiger partial charge in [0.2, 0.25) is 0 Å².